The maximum absolute atomic E-state index is 12.0. The van der Waals surface area contributed by atoms with Gasteiger partial charge in [0, 0.05) is 32.3 Å². The van der Waals surface area contributed by atoms with Gasteiger partial charge in [-0.1, -0.05) is 6.08 Å². The van der Waals surface area contributed by atoms with Gasteiger partial charge in [0.05, 0.1) is 0 Å². The molecule has 2 rings (SSSR count). The summed E-state index contributed by atoms with van der Waals surface area (Å²) in [5, 5.41) is 0. The average molecular weight is 238 g/mol. The molecule has 2 aliphatic heterocycles. The number of rotatable bonds is 3. The number of nitrogens with two attached hydrogens (primary N) is 1. The SMILES string of the molecule is NCC1CCCN1C(=O)/C=C/C1CCOCC1. The summed E-state index contributed by atoms with van der Waals surface area (Å²) >= 11 is 0. The number of hydrogen-bond donors (Lipinski definition) is 1. The molecule has 1 atom stereocenters. The highest BCUT2D eigenvalue weighted by atomic mass is 16.5. The van der Waals surface area contributed by atoms with Crippen LogP contribution in [0.5, 0.6) is 0 Å². The monoisotopic (exact) mass is 238 g/mol. The molecule has 17 heavy (non-hydrogen) atoms. The summed E-state index contributed by atoms with van der Waals surface area (Å²) in [7, 11) is 0. The molecule has 2 heterocycles. The molecule has 0 radical (unpaired) electrons. The van der Waals surface area contributed by atoms with Crippen molar-refractivity contribution >= 4 is 5.91 Å². The number of hydrogen-bond acceptors (Lipinski definition) is 3. The number of amides is 1. The number of ether oxygens (including phenoxy) is 1. The number of nitrogens with zero attached hydrogens (tertiary/aromatic N) is 1. The molecule has 0 aromatic heterocycles. The lowest BCUT2D eigenvalue weighted by atomic mass is 10.00. The molecule has 4 heteroatoms. The fourth-order valence-electron chi connectivity index (χ4n) is 2.59. The maximum Gasteiger partial charge on any atom is 0.246 e. The quantitative estimate of drug-likeness (QED) is 0.744. The van der Waals surface area contributed by atoms with E-state index in [0.29, 0.717) is 12.5 Å². The van der Waals surface area contributed by atoms with E-state index in [2.05, 4.69) is 6.08 Å². The molecule has 2 saturated heterocycles. The van der Waals surface area contributed by atoms with E-state index in [-0.39, 0.29) is 11.9 Å². The summed E-state index contributed by atoms with van der Waals surface area (Å²) in [6, 6.07) is 0.252. The minimum Gasteiger partial charge on any atom is -0.381 e. The van der Waals surface area contributed by atoms with Crippen molar-refractivity contribution in [2.45, 2.75) is 31.7 Å². The minimum absolute atomic E-state index is 0.129. The van der Waals surface area contributed by atoms with Crippen LogP contribution in [0, 0.1) is 5.92 Å². The lowest BCUT2D eigenvalue weighted by molar-refractivity contribution is -0.126. The molecular weight excluding hydrogens is 216 g/mol. The Morgan fingerprint density at radius 3 is 2.82 bits per heavy atom. The first-order valence-electron chi connectivity index (χ1n) is 6.58. The highest BCUT2D eigenvalue weighted by Gasteiger charge is 2.26. The summed E-state index contributed by atoms with van der Waals surface area (Å²) in [6.45, 7) is 3.08. The predicted molar refractivity (Wildman–Crippen MR) is 66.5 cm³/mol. The van der Waals surface area contributed by atoms with Crippen molar-refractivity contribution < 1.29 is 9.53 Å². The smallest absolute Gasteiger partial charge is 0.246 e. The highest BCUT2D eigenvalue weighted by molar-refractivity contribution is 5.88. The highest BCUT2D eigenvalue weighted by Crippen LogP contribution is 2.19. The van der Waals surface area contributed by atoms with Crippen molar-refractivity contribution in [1.82, 2.24) is 4.90 Å². The molecule has 0 aromatic rings. The number of allylic oxidation sites excluding steroid dienone is 1. The van der Waals surface area contributed by atoms with Gasteiger partial charge in [0.25, 0.3) is 0 Å². The molecule has 0 spiro atoms. The van der Waals surface area contributed by atoms with E-state index in [4.69, 9.17) is 10.5 Å². The van der Waals surface area contributed by atoms with E-state index in [1.807, 2.05) is 4.90 Å². The molecule has 0 aromatic carbocycles. The first kappa shape index (κ1) is 12.6. The Hall–Kier alpha value is -0.870. The zero-order valence-corrected chi connectivity index (χ0v) is 10.3. The zero-order chi connectivity index (χ0) is 12.1. The number of likely N-dealkylation sites (tertiary alicyclic amines) is 1. The molecule has 2 fully saturated rings. The van der Waals surface area contributed by atoms with Crippen LogP contribution in [0.4, 0.5) is 0 Å². The van der Waals surface area contributed by atoms with Crippen LogP contribution in [0.25, 0.3) is 0 Å². The summed E-state index contributed by atoms with van der Waals surface area (Å²) in [5.74, 6) is 0.635. The predicted octanol–water partition coefficient (Wildman–Crippen LogP) is 0.919. The summed E-state index contributed by atoms with van der Waals surface area (Å²) in [6.07, 6.45) is 7.99. The van der Waals surface area contributed by atoms with Crippen LogP contribution >= 0.6 is 0 Å². The van der Waals surface area contributed by atoms with Gasteiger partial charge in [0.15, 0.2) is 0 Å². The van der Waals surface area contributed by atoms with Gasteiger partial charge in [-0.15, -0.1) is 0 Å². The Morgan fingerprint density at radius 2 is 2.12 bits per heavy atom. The zero-order valence-electron chi connectivity index (χ0n) is 10.3. The molecule has 1 unspecified atom stereocenters. The first-order chi connectivity index (χ1) is 8.31. The average Bonchev–Trinajstić information content (AvgIpc) is 2.85. The van der Waals surface area contributed by atoms with Gasteiger partial charge in [-0.05, 0) is 37.7 Å². The van der Waals surface area contributed by atoms with Crippen molar-refractivity contribution in [2.24, 2.45) is 11.7 Å². The lowest BCUT2D eigenvalue weighted by Gasteiger charge is -2.22. The molecule has 0 saturated carbocycles. The van der Waals surface area contributed by atoms with Gasteiger partial charge < -0.3 is 15.4 Å². The van der Waals surface area contributed by atoms with Gasteiger partial charge in [0.1, 0.15) is 0 Å². The Morgan fingerprint density at radius 1 is 1.35 bits per heavy atom. The first-order valence-corrected chi connectivity index (χ1v) is 6.58. The van der Waals surface area contributed by atoms with Crippen molar-refractivity contribution in [2.75, 3.05) is 26.3 Å². The molecular formula is C13H22N2O2. The topological polar surface area (TPSA) is 55.6 Å². The second-order valence-electron chi connectivity index (χ2n) is 4.87. The van der Waals surface area contributed by atoms with Gasteiger partial charge in [0.2, 0.25) is 5.91 Å². The van der Waals surface area contributed by atoms with Crippen LogP contribution < -0.4 is 5.73 Å². The number of carbonyl (C=O) groups is 1. The van der Waals surface area contributed by atoms with E-state index >= 15 is 0 Å². The van der Waals surface area contributed by atoms with Crippen molar-refractivity contribution in [3.05, 3.63) is 12.2 Å². The third kappa shape index (κ3) is 3.30. The Labute approximate surface area is 103 Å². The third-order valence-corrected chi connectivity index (χ3v) is 3.71. The summed E-state index contributed by atoms with van der Waals surface area (Å²) in [5.41, 5.74) is 5.67. The van der Waals surface area contributed by atoms with Crippen LogP contribution in [0.15, 0.2) is 12.2 Å². The van der Waals surface area contributed by atoms with Crippen LogP contribution in [0.2, 0.25) is 0 Å². The van der Waals surface area contributed by atoms with E-state index in [1.165, 1.54) is 0 Å². The maximum atomic E-state index is 12.0. The van der Waals surface area contributed by atoms with E-state index < -0.39 is 0 Å². The summed E-state index contributed by atoms with van der Waals surface area (Å²) in [4.78, 5) is 13.9. The molecule has 2 N–H and O–H groups in total. The van der Waals surface area contributed by atoms with Gasteiger partial charge in [-0.2, -0.15) is 0 Å². The second-order valence-corrected chi connectivity index (χ2v) is 4.87. The van der Waals surface area contributed by atoms with Gasteiger partial charge in [-0.25, -0.2) is 0 Å². The van der Waals surface area contributed by atoms with Crippen molar-refractivity contribution in [1.29, 1.82) is 0 Å². The normalized spacial score (nSPS) is 26.9. The van der Waals surface area contributed by atoms with Crippen molar-refractivity contribution in [3.8, 4) is 0 Å². The largest absolute Gasteiger partial charge is 0.381 e. The Bertz CT molecular complexity index is 285. The molecule has 2 aliphatic rings. The van der Waals surface area contributed by atoms with Crippen LogP contribution in [-0.2, 0) is 9.53 Å². The van der Waals surface area contributed by atoms with E-state index in [9.17, 15) is 4.79 Å². The van der Waals surface area contributed by atoms with Gasteiger partial charge >= 0.3 is 0 Å². The van der Waals surface area contributed by atoms with E-state index in [0.717, 1.165) is 45.4 Å². The Kier molecular flexibility index (Phi) is 4.57. The van der Waals surface area contributed by atoms with Gasteiger partial charge in [-0.3, -0.25) is 4.79 Å². The van der Waals surface area contributed by atoms with Crippen molar-refractivity contribution in [3.63, 3.8) is 0 Å². The molecule has 4 nitrogen and oxygen atoms in total. The van der Waals surface area contributed by atoms with Crippen LogP contribution in [0.1, 0.15) is 25.7 Å². The molecule has 1 amide bonds. The van der Waals surface area contributed by atoms with Crippen LogP contribution in [0.3, 0.4) is 0 Å². The Balaban J connectivity index is 1.85. The molecule has 96 valence electrons. The van der Waals surface area contributed by atoms with E-state index in [1.54, 1.807) is 6.08 Å². The molecule has 0 bridgehead atoms. The third-order valence-electron chi connectivity index (χ3n) is 3.71. The second kappa shape index (κ2) is 6.17. The molecule has 0 aliphatic carbocycles. The number of carbonyl (C=O) groups excluding carboxylic acids is 1. The fraction of sp³-hybridized carbons (Fsp3) is 0.769. The fourth-order valence-corrected chi connectivity index (χ4v) is 2.59. The minimum atomic E-state index is 0.129. The lowest BCUT2D eigenvalue weighted by Crippen LogP contribution is -2.39. The summed E-state index contributed by atoms with van der Waals surface area (Å²) < 4.78 is 5.30. The van der Waals surface area contributed by atoms with Crippen LogP contribution in [-0.4, -0.2) is 43.2 Å². The standard InChI is InChI=1S/C13H22N2O2/c14-10-12-2-1-7-15(12)13(16)4-3-11-5-8-17-9-6-11/h3-4,11-12H,1-2,5-10,14H2/b4-3+.